The van der Waals surface area contributed by atoms with Gasteiger partial charge in [-0.3, -0.25) is 4.99 Å². The average Bonchev–Trinajstić information content (AvgIpc) is 2.98. The van der Waals surface area contributed by atoms with Crippen molar-refractivity contribution in [3.8, 4) is 0 Å². The summed E-state index contributed by atoms with van der Waals surface area (Å²) < 4.78 is 0. The van der Waals surface area contributed by atoms with Gasteiger partial charge in [0, 0.05) is 36.5 Å². The quantitative estimate of drug-likeness (QED) is 0.425. The third-order valence-corrected chi connectivity index (χ3v) is 4.71. The summed E-state index contributed by atoms with van der Waals surface area (Å²) in [6, 6.07) is 7.99. The van der Waals surface area contributed by atoms with Gasteiger partial charge >= 0.3 is 0 Å². The molecule has 0 amide bonds. The lowest BCUT2D eigenvalue weighted by Crippen LogP contribution is -2.38. The van der Waals surface area contributed by atoms with E-state index in [0.29, 0.717) is 0 Å². The Morgan fingerprint density at radius 2 is 2.08 bits per heavy atom. The molecule has 0 atom stereocenters. The number of rotatable bonds is 8. The second kappa shape index (κ2) is 10.3. The topological polar surface area (TPSA) is 49.3 Å². The zero-order valence-corrected chi connectivity index (χ0v) is 15.9. The molecule has 1 heterocycles. The van der Waals surface area contributed by atoms with E-state index in [-0.39, 0.29) is 0 Å². The molecular formula is C18H25ClN4S. The van der Waals surface area contributed by atoms with E-state index in [0.717, 1.165) is 60.6 Å². The van der Waals surface area contributed by atoms with Crippen LogP contribution in [-0.4, -0.2) is 30.6 Å². The molecule has 24 heavy (non-hydrogen) atoms. The van der Waals surface area contributed by atoms with Gasteiger partial charge in [0.05, 0.1) is 10.7 Å². The molecule has 1 aromatic heterocycles. The number of hydrogen-bond acceptors (Lipinski definition) is 3. The molecule has 0 bridgehead atoms. The van der Waals surface area contributed by atoms with Crippen LogP contribution >= 0.6 is 22.9 Å². The monoisotopic (exact) mass is 364 g/mol. The Bertz CT molecular complexity index is 654. The maximum Gasteiger partial charge on any atom is 0.191 e. The average molecular weight is 365 g/mol. The number of aliphatic imine (C=N–C) groups is 1. The summed E-state index contributed by atoms with van der Waals surface area (Å²) in [6.45, 7) is 6.57. The van der Waals surface area contributed by atoms with Crippen molar-refractivity contribution < 1.29 is 0 Å². The molecule has 4 nitrogen and oxygen atoms in total. The van der Waals surface area contributed by atoms with Crippen LogP contribution in [0.15, 0.2) is 34.6 Å². The summed E-state index contributed by atoms with van der Waals surface area (Å²) in [5.41, 5.74) is 2.32. The van der Waals surface area contributed by atoms with Crippen molar-refractivity contribution in [2.24, 2.45) is 4.99 Å². The predicted octanol–water partition coefficient (Wildman–Crippen LogP) is 3.84. The van der Waals surface area contributed by atoms with Gasteiger partial charge < -0.3 is 10.6 Å². The number of halogens is 1. The van der Waals surface area contributed by atoms with Gasteiger partial charge in [0.1, 0.15) is 0 Å². The largest absolute Gasteiger partial charge is 0.357 e. The molecule has 0 fully saturated rings. The van der Waals surface area contributed by atoms with E-state index in [1.807, 2.05) is 25.1 Å². The number of benzene rings is 1. The molecule has 2 aromatic rings. The van der Waals surface area contributed by atoms with Crippen LogP contribution in [0.5, 0.6) is 0 Å². The molecule has 2 N–H and O–H groups in total. The fraction of sp³-hybridized carbons (Fsp3) is 0.444. The molecule has 0 spiro atoms. The van der Waals surface area contributed by atoms with Crippen molar-refractivity contribution in [3.63, 3.8) is 0 Å². The van der Waals surface area contributed by atoms with Gasteiger partial charge in [-0.1, -0.05) is 29.8 Å². The van der Waals surface area contributed by atoms with Crippen LogP contribution in [0, 0.1) is 6.92 Å². The molecule has 6 heteroatoms. The maximum absolute atomic E-state index is 6.18. The maximum atomic E-state index is 6.18. The second-order valence-electron chi connectivity index (χ2n) is 5.49. The van der Waals surface area contributed by atoms with Crippen LogP contribution in [0.25, 0.3) is 0 Å². The van der Waals surface area contributed by atoms with Gasteiger partial charge in [-0.05, 0) is 38.3 Å². The summed E-state index contributed by atoms with van der Waals surface area (Å²) >= 11 is 7.87. The lowest BCUT2D eigenvalue weighted by atomic mass is 10.1. The first-order valence-electron chi connectivity index (χ1n) is 8.35. The molecular weight excluding hydrogens is 340 g/mol. The van der Waals surface area contributed by atoms with Gasteiger partial charge in [-0.2, -0.15) is 0 Å². The van der Waals surface area contributed by atoms with Crippen LogP contribution < -0.4 is 10.6 Å². The van der Waals surface area contributed by atoms with E-state index < -0.39 is 0 Å². The van der Waals surface area contributed by atoms with E-state index in [9.17, 15) is 0 Å². The van der Waals surface area contributed by atoms with Crippen molar-refractivity contribution in [1.29, 1.82) is 0 Å². The fourth-order valence-electron chi connectivity index (χ4n) is 2.34. The van der Waals surface area contributed by atoms with Crippen LogP contribution in [0.4, 0.5) is 0 Å². The van der Waals surface area contributed by atoms with Crippen molar-refractivity contribution in [1.82, 2.24) is 15.6 Å². The molecule has 0 unspecified atom stereocenters. The van der Waals surface area contributed by atoms with E-state index in [2.05, 4.69) is 39.0 Å². The predicted molar refractivity (Wildman–Crippen MR) is 104 cm³/mol. The number of nitrogens with one attached hydrogen (secondary N) is 2. The first kappa shape index (κ1) is 18.7. The fourth-order valence-corrected chi connectivity index (χ4v) is 3.21. The normalized spacial score (nSPS) is 11.5. The van der Waals surface area contributed by atoms with Gasteiger partial charge in [-0.15, -0.1) is 11.3 Å². The Kier molecular flexibility index (Phi) is 8.05. The summed E-state index contributed by atoms with van der Waals surface area (Å²) in [5.74, 6) is 0.864. The summed E-state index contributed by atoms with van der Waals surface area (Å²) in [7, 11) is 0. The second-order valence-corrected chi connectivity index (χ2v) is 6.96. The van der Waals surface area contributed by atoms with Gasteiger partial charge in [0.2, 0.25) is 0 Å². The molecule has 0 radical (unpaired) electrons. The Morgan fingerprint density at radius 1 is 1.25 bits per heavy atom. The Balaban J connectivity index is 1.74. The molecule has 0 saturated heterocycles. The zero-order chi connectivity index (χ0) is 17.2. The molecule has 0 saturated carbocycles. The minimum atomic E-state index is 0.774. The van der Waals surface area contributed by atoms with E-state index in [1.54, 1.807) is 11.3 Å². The molecule has 130 valence electrons. The first-order chi connectivity index (χ1) is 11.7. The van der Waals surface area contributed by atoms with E-state index in [1.165, 1.54) is 5.56 Å². The highest BCUT2D eigenvalue weighted by Gasteiger charge is 2.01. The minimum absolute atomic E-state index is 0.774. The highest BCUT2D eigenvalue weighted by Crippen LogP contribution is 2.16. The molecule has 0 aliphatic carbocycles. The van der Waals surface area contributed by atoms with Crippen LogP contribution in [0.3, 0.4) is 0 Å². The van der Waals surface area contributed by atoms with Crippen LogP contribution in [0.2, 0.25) is 5.02 Å². The number of thiazole rings is 1. The number of guanidine groups is 1. The lowest BCUT2D eigenvalue weighted by Gasteiger charge is -2.10. The highest BCUT2D eigenvalue weighted by molar-refractivity contribution is 7.09. The van der Waals surface area contributed by atoms with Crippen molar-refractivity contribution in [2.75, 3.05) is 19.6 Å². The number of aromatic nitrogens is 1. The summed E-state index contributed by atoms with van der Waals surface area (Å²) in [4.78, 5) is 9.10. The third-order valence-electron chi connectivity index (χ3n) is 3.52. The van der Waals surface area contributed by atoms with Crippen molar-refractivity contribution in [2.45, 2.75) is 33.1 Å². The third kappa shape index (κ3) is 6.49. The SMILES string of the molecule is CCNC(=NCCCc1ccccc1Cl)NCCc1csc(C)n1. The molecule has 2 rings (SSSR count). The van der Waals surface area contributed by atoms with Gasteiger partial charge in [0.25, 0.3) is 0 Å². The van der Waals surface area contributed by atoms with Crippen molar-refractivity contribution >= 4 is 28.9 Å². The van der Waals surface area contributed by atoms with Crippen LogP contribution in [-0.2, 0) is 12.8 Å². The van der Waals surface area contributed by atoms with E-state index in [4.69, 9.17) is 11.6 Å². The zero-order valence-electron chi connectivity index (χ0n) is 14.3. The van der Waals surface area contributed by atoms with Crippen LogP contribution in [0.1, 0.15) is 29.6 Å². The lowest BCUT2D eigenvalue weighted by molar-refractivity contribution is 0.771. The van der Waals surface area contributed by atoms with E-state index >= 15 is 0 Å². The Labute approximate surface area is 153 Å². The smallest absolute Gasteiger partial charge is 0.191 e. The highest BCUT2D eigenvalue weighted by atomic mass is 35.5. The number of aryl methyl sites for hydroxylation is 2. The summed E-state index contributed by atoms with van der Waals surface area (Å²) in [5, 5.41) is 10.7. The first-order valence-corrected chi connectivity index (χ1v) is 9.61. The molecule has 1 aromatic carbocycles. The molecule has 0 aliphatic rings. The van der Waals surface area contributed by atoms with Gasteiger partial charge in [0.15, 0.2) is 5.96 Å². The number of nitrogens with zero attached hydrogens (tertiary/aromatic N) is 2. The summed E-state index contributed by atoms with van der Waals surface area (Å²) in [6.07, 6.45) is 2.83. The van der Waals surface area contributed by atoms with Gasteiger partial charge in [-0.25, -0.2) is 4.98 Å². The Morgan fingerprint density at radius 3 is 2.79 bits per heavy atom. The molecule has 0 aliphatic heterocycles. The standard InChI is InChI=1S/C18H25ClN4S/c1-3-20-18(22-12-10-16-13-24-14(2)23-16)21-11-6-8-15-7-4-5-9-17(15)19/h4-5,7,9,13H,3,6,8,10-12H2,1-2H3,(H2,20,21,22). The number of hydrogen-bond donors (Lipinski definition) is 2. The minimum Gasteiger partial charge on any atom is -0.357 e. The Hall–Kier alpha value is -1.59. The van der Waals surface area contributed by atoms with Crippen molar-refractivity contribution in [3.05, 3.63) is 50.9 Å².